The summed E-state index contributed by atoms with van der Waals surface area (Å²) >= 11 is 0. The van der Waals surface area contributed by atoms with Crippen LogP contribution >= 0.6 is 0 Å². The predicted molar refractivity (Wildman–Crippen MR) is 76.7 cm³/mol. The summed E-state index contributed by atoms with van der Waals surface area (Å²) in [5, 5.41) is 0. The molecule has 1 rings (SSSR count). The molecule has 0 aliphatic rings. The molecule has 0 atom stereocenters. The van der Waals surface area contributed by atoms with Crippen LogP contribution in [0.5, 0.6) is 5.75 Å². The molecule has 5 nitrogen and oxygen atoms in total. The molecule has 0 radical (unpaired) electrons. The highest BCUT2D eigenvalue weighted by atomic mass is 32.2. The molecule has 0 spiro atoms. The summed E-state index contributed by atoms with van der Waals surface area (Å²) in [6.45, 7) is 6.67. The van der Waals surface area contributed by atoms with Crippen molar-refractivity contribution in [2.75, 3.05) is 6.61 Å². The van der Waals surface area contributed by atoms with Gasteiger partial charge >= 0.3 is 21.6 Å². The maximum atomic E-state index is 12.5. The Hall–Kier alpha value is -1.77. The highest BCUT2D eigenvalue weighted by Gasteiger charge is 2.49. The summed E-state index contributed by atoms with van der Waals surface area (Å²) in [6, 6.07) is 3.42. The molecule has 0 saturated heterocycles. The highest BCUT2D eigenvalue weighted by Crippen LogP contribution is 2.35. The van der Waals surface area contributed by atoms with Gasteiger partial charge in [-0.15, -0.1) is 0 Å². The lowest BCUT2D eigenvalue weighted by atomic mass is 9.85. The van der Waals surface area contributed by atoms with E-state index in [1.165, 1.54) is 6.07 Å². The smallest absolute Gasteiger partial charge is 0.462 e. The first-order valence-corrected chi connectivity index (χ1v) is 8.03. The summed E-state index contributed by atoms with van der Waals surface area (Å²) in [5.74, 6) is -1.15. The van der Waals surface area contributed by atoms with Crippen molar-refractivity contribution in [2.45, 2.75) is 38.6 Å². The van der Waals surface area contributed by atoms with Gasteiger partial charge in [-0.05, 0) is 30.5 Å². The maximum absolute atomic E-state index is 12.5. The Morgan fingerprint density at radius 2 is 1.74 bits per heavy atom. The van der Waals surface area contributed by atoms with E-state index in [2.05, 4.69) is 4.18 Å². The number of alkyl halides is 3. The van der Waals surface area contributed by atoms with E-state index < -0.39 is 32.8 Å². The van der Waals surface area contributed by atoms with E-state index in [1.54, 1.807) is 27.7 Å². The SMILES string of the molecule is CCOC(=O)c1ccc(OS(=O)(=O)C(F)(F)F)c(C(C)(C)C)c1. The van der Waals surface area contributed by atoms with E-state index in [0.717, 1.165) is 12.1 Å². The Labute approximate surface area is 132 Å². The topological polar surface area (TPSA) is 69.7 Å². The molecule has 1 aromatic carbocycles. The van der Waals surface area contributed by atoms with Gasteiger partial charge in [-0.25, -0.2) is 4.79 Å². The van der Waals surface area contributed by atoms with E-state index >= 15 is 0 Å². The zero-order valence-corrected chi connectivity index (χ0v) is 13.8. The third-order valence-electron chi connectivity index (χ3n) is 2.78. The number of ether oxygens (including phenoxy) is 1. The fourth-order valence-electron chi connectivity index (χ4n) is 1.70. The quantitative estimate of drug-likeness (QED) is 0.471. The minimum Gasteiger partial charge on any atom is -0.462 e. The Balaban J connectivity index is 3.37. The largest absolute Gasteiger partial charge is 0.534 e. The lowest BCUT2D eigenvalue weighted by Gasteiger charge is -2.23. The monoisotopic (exact) mass is 354 g/mol. The van der Waals surface area contributed by atoms with Gasteiger partial charge in [0.15, 0.2) is 0 Å². The molecule has 0 N–H and O–H groups in total. The molecule has 0 heterocycles. The summed E-state index contributed by atoms with van der Waals surface area (Å²) in [7, 11) is -5.79. The van der Waals surface area contributed by atoms with E-state index in [0.29, 0.717) is 0 Å². The number of benzene rings is 1. The van der Waals surface area contributed by atoms with Crippen LogP contribution in [0.2, 0.25) is 0 Å². The predicted octanol–water partition coefficient (Wildman–Crippen LogP) is 3.39. The van der Waals surface area contributed by atoms with Crippen LogP contribution in [-0.2, 0) is 20.3 Å². The van der Waals surface area contributed by atoms with Crippen molar-refractivity contribution in [2.24, 2.45) is 0 Å². The second-order valence-corrected chi connectivity index (χ2v) is 7.20. The lowest BCUT2D eigenvalue weighted by molar-refractivity contribution is -0.0500. The Morgan fingerprint density at radius 1 is 1.17 bits per heavy atom. The van der Waals surface area contributed by atoms with Crippen LogP contribution in [0.1, 0.15) is 43.6 Å². The van der Waals surface area contributed by atoms with Crippen molar-refractivity contribution in [3.05, 3.63) is 29.3 Å². The van der Waals surface area contributed by atoms with Crippen molar-refractivity contribution in [3.8, 4) is 5.75 Å². The molecule has 0 aromatic heterocycles. The number of rotatable bonds is 4. The minimum atomic E-state index is -5.79. The van der Waals surface area contributed by atoms with Crippen LogP contribution in [0.15, 0.2) is 18.2 Å². The van der Waals surface area contributed by atoms with E-state index in [4.69, 9.17) is 4.74 Å². The van der Waals surface area contributed by atoms with Crippen molar-refractivity contribution in [1.29, 1.82) is 0 Å². The molecule has 1 aromatic rings. The van der Waals surface area contributed by atoms with Gasteiger partial charge in [0.2, 0.25) is 0 Å². The Morgan fingerprint density at radius 3 is 2.17 bits per heavy atom. The van der Waals surface area contributed by atoms with E-state index in [9.17, 15) is 26.4 Å². The van der Waals surface area contributed by atoms with Gasteiger partial charge in [0.25, 0.3) is 0 Å². The molecule has 0 saturated carbocycles. The van der Waals surface area contributed by atoms with Crippen LogP contribution < -0.4 is 4.18 Å². The summed E-state index contributed by atoms with van der Waals surface area (Å²) in [4.78, 5) is 11.7. The average molecular weight is 354 g/mol. The number of carbonyl (C=O) groups is 1. The van der Waals surface area contributed by atoms with Gasteiger partial charge in [-0.2, -0.15) is 21.6 Å². The van der Waals surface area contributed by atoms with Crippen LogP contribution in [0.25, 0.3) is 0 Å². The molecular weight excluding hydrogens is 337 g/mol. The fourth-order valence-corrected chi connectivity index (χ4v) is 2.17. The first-order chi connectivity index (χ1) is 10.3. The van der Waals surface area contributed by atoms with Gasteiger partial charge in [-0.1, -0.05) is 20.8 Å². The molecule has 0 aliphatic carbocycles. The van der Waals surface area contributed by atoms with Crippen LogP contribution in [0.4, 0.5) is 13.2 Å². The van der Waals surface area contributed by atoms with Crippen molar-refractivity contribution in [1.82, 2.24) is 0 Å². The molecule has 0 unspecified atom stereocenters. The standard InChI is InChI=1S/C14H17F3O5S/c1-5-21-12(18)9-6-7-11(10(8-9)13(2,3)4)22-23(19,20)14(15,16)17/h6-8H,5H2,1-4H3. The Kier molecular flexibility index (Phi) is 5.35. The second kappa shape index (κ2) is 6.38. The number of esters is 1. The fraction of sp³-hybridized carbons (Fsp3) is 0.500. The molecule has 0 aliphatic heterocycles. The van der Waals surface area contributed by atoms with Gasteiger partial charge in [0.05, 0.1) is 12.2 Å². The summed E-state index contributed by atoms with van der Waals surface area (Å²) < 4.78 is 68.8. The molecular formula is C14H17F3O5S. The Bertz CT molecular complexity index is 687. The number of carbonyl (C=O) groups excluding carboxylic acids is 1. The third kappa shape index (κ3) is 4.60. The zero-order chi connectivity index (χ0) is 18.1. The number of halogens is 3. The van der Waals surface area contributed by atoms with Crippen molar-refractivity contribution < 1.29 is 35.3 Å². The van der Waals surface area contributed by atoms with E-state index in [-0.39, 0.29) is 17.7 Å². The van der Waals surface area contributed by atoms with E-state index in [1.807, 2.05) is 0 Å². The highest BCUT2D eigenvalue weighted by molar-refractivity contribution is 7.88. The first-order valence-electron chi connectivity index (χ1n) is 6.62. The molecule has 0 amide bonds. The van der Waals surface area contributed by atoms with Gasteiger partial charge in [0.1, 0.15) is 5.75 Å². The first kappa shape index (κ1) is 19.3. The van der Waals surface area contributed by atoms with Crippen molar-refractivity contribution in [3.63, 3.8) is 0 Å². The van der Waals surface area contributed by atoms with Gasteiger partial charge < -0.3 is 8.92 Å². The summed E-state index contributed by atoms with van der Waals surface area (Å²) in [5.41, 5.74) is -6.08. The third-order valence-corrected chi connectivity index (χ3v) is 3.75. The second-order valence-electron chi connectivity index (χ2n) is 5.66. The number of hydrogen-bond donors (Lipinski definition) is 0. The maximum Gasteiger partial charge on any atom is 0.534 e. The molecule has 0 bridgehead atoms. The lowest BCUT2D eigenvalue weighted by Crippen LogP contribution is -2.29. The van der Waals surface area contributed by atoms with Crippen molar-refractivity contribution >= 4 is 16.1 Å². The average Bonchev–Trinajstić information content (AvgIpc) is 2.36. The van der Waals surface area contributed by atoms with Crippen LogP contribution in [0.3, 0.4) is 0 Å². The summed E-state index contributed by atoms with van der Waals surface area (Å²) in [6.07, 6.45) is 0. The minimum absolute atomic E-state index is 0.0912. The number of hydrogen-bond acceptors (Lipinski definition) is 5. The molecule has 23 heavy (non-hydrogen) atoms. The molecule has 9 heteroatoms. The van der Waals surface area contributed by atoms with Gasteiger partial charge in [-0.3, -0.25) is 0 Å². The van der Waals surface area contributed by atoms with Gasteiger partial charge in [0, 0.05) is 5.56 Å². The van der Waals surface area contributed by atoms with Crippen LogP contribution in [0, 0.1) is 0 Å². The molecule has 130 valence electrons. The molecule has 0 fully saturated rings. The zero-order valence-electron chi connectivity index (χ0n) is 13.0. The van der Waals surface area contributed by atoms with Crippen LogP contribution in [-0.4, -0.2) is 26.5 Å². The normalized spacial score (nSPS) is 12.8.